The molecule has 0 atom stereocenters. The third-order valence-electron chi connectivity index (χ3n) is 4.84. The molecule has 1 fully saturated rings. The number of hydrogen-bond acceptors (Lipinski definition) is 6. The van der Waals surface area contributed by atoms with E-state index < -0.39 is 16.1 Å². The Labute approximate surface area is 193 Å². The lowest BCUT2D eigenvalue weighted by atomic mass is 10.1. The summed E-state index contributed by atoms with van der Waals surface area (Å²) in [6.45, 7) is 0.0531. The second kappa shape index (κ2) is 9.49. The third-order valence-corrected chi connectivity index (χ3v) is 5.75. The Morgan fingerprint density at radius 3 is 2.42 bits per heavy atom. The molecule has 1 aliphatic heterocycles. The highest BCUT2D eigenvalue weighted by Crippen LogP contribution is 2.33. The Morgan fingerprint density at radius 2 is 1.73 bits per heavy atom. The van der Waals surface area contributed by atoms with E-state index in [0.29, 0.717) is 22.4 Å². The van der Waals surface area contributed by atoms with Crippen LogP contribution in [0.4, 0.5) is 16.2 Å². The number of hydrogen-bond donors (Lipinski definition) is 1. The van der Waals surface area contributed by atoms with Crippen molar-refractivity contribution >= 4 is 46.3 Å². The average molecular weight is 459 g/mol. The maximum absolute atomic E-state index is 12.7. The molecule has 4 rings (SSSR count). The number of nitrogens with zero attached hydrogens (tertiary/aromatic N) is 2. The van der Waals surface area contributed by atoms with Crippen molar-refractivity contribution in [1.82, 2.24) is 4.90 Å². The van der Waals surface area contributed by atoms with Gasteiger partial charge in [-0.05, 0) is 53.2 Å². The molecule has 0 bridgehead atoms. The first-order valence-electron chi connectivity index (χ1n) is 9.86. The maximum atomic E-state index is 12.7. The van der Waals surface area contributed by atoms with E-state index in [1.807, 2.05) is 18.2 Å². The van der Waals surface area contributed by atoms with Gasteiger partial charge in [0.05, 0.1) is 16.4 Å². The molecular weight excluding hydrogens is 442 g/mol. The van der Waals surface area contributed by atoms with Gasteiger partial charge >= 0.3 is 0 Å². The molecule has 0 spiro atoms. The van der Waals surface area contributed by atoms with Crippen molar-refractivity contribution in [2.24, 2.45) is 0 Å². The fourth-order valence-electron chi connectivity index (χ4n) is 3.18. The molecular formula is C24H17N3O5S. The minimum absolute atomic E-state index is 0.0531. The number of nitro benzene ring substituents is 1. The van der Waals surface area contributed by atoms with E-state index in [1.54, 1.807) is 42.5 Å². The molecule has 3 amide bonds. The maximum Gasteiger partial charge on any atom is 0.293 e. The Morgan fingerprint density at radius 1 is 1.00 bits per heavy atom. The number of amides is 3. The quantitative estimate of drug-likeness (QED) is 0.313. The molecule has 3 aromatic carbocycles. The van der Waals surface area contributed by atoms with E-state index in [-0.39, 0.29) is 23.0 Å². The van der Waals surface area contributed by atoms with Crippen LogP contribution in [0.15, 0.2) is 83.8 Å². The highest BCUT2D eigenvalue weighted by Gasteiger charge is 2.35. The van der Waals surface area contributed by atoms with Crippen LogP contribution in [0.3, 0.4) is 0 Å². The van der Waals surface area contributed by atoms with Crippen LogP contribution in [0, 0.1) is 10.1 Å². The number of rotatable bonds is 6. The Hall–Kier alpha value is -4.24. The summed E-state index contributed by atoms with van der Waals surface area (Å²) in [4.78, 5) is 49.2. The van der Waals surface area contributed by atoms with Gasteiger partial charge < -0.3 is 5.32 Å². The summed E-state index contributed by atoms with van der Waals surface area (Å²) in [5.41, 5.74) is 2.18. The fraction of sp³-hybridized carbons (Fsp3) is 0.0417. The molecule has 1 saturated heterocycles. The number of nitrogens with one attached hydrogen (secondary N) is 1. The summed E-state index contributed by atoms with van der Waals surface area (Å²) in [7, 11) is 0. The lowest BCUT2D eigenvalue weighted by Gasteiger charge is -2.13. The van der Waals surface area contributed by atoms with Gasteiger partial charge in [0.25, 0.3) is 22.7 Å². The topological polar surface area (TPSA) is 110 Å². The summed E-state index contributed by atoms with van der Waals surface area (Å²) in [5, 5.41) is 13.3. The fourth-order valence-corrected chi connectivity index (χ4v) is 4.02. The molecule has 0 aliphatic carbocycles. The van der Waals surface area contributed by atoms with Crippen LogP contribution >= 0.6 is 11.8 Å². The Bertz CT molecular complexity index is 1270. The van der Waals surface area contributed by atoms with Crippen LogP contribution in [0.25, 0.3) is 6.08 Å². The van der Waals surface area contributed by atoms with Crippen molar-refractivity contribution in [2.75, 3.05) is 5.32 Å². The van der Waals surface area contributed by atoms with Crippen LogP contribution < -0.4 is 5.32 Å². The molecule has 0 saturated carbocycles. The standard InChI is InChI=1S/C24H17N3O5S/c28-22(25-19-6-2-1-3-7-19)18-11-9-16(10-12-18)15-26-23(29)21(33-24(26)30)14-17-5-4-8-20(13-17)27(31)32/h1-14H,15H2,(H,25,28)/b21-14-. The Balaban J connectivity index is 1.44. The molecule has 1 aliphatic rings. The van der Waals surface area contributed by atoms with Gasteiger partial charge in [-0.3, -0.25) is 29.4 Å². The number of non-ortho nitro benzene ring substituents is 1. The summed E-state index contributed by atoms with van der Waals surface area (Å²) >= 11 is 0.784. The zero-order valence-electron chi connectivity index (χ0n) is 17.1. The smallest absolute Gasteiger partial charge is 0.293 e. The predicted octanol–water partition coefficient (Wildman–Crippen LogP) is 5.08. The molecule has 0 aromatic heterocycles. The van der Waals surface area contributed by atoms with E-state index in [2.05, 4.69) is 5.32 Å². The number of carbonyl (C=O) groups excluding carboxylic acids is 3. The van der Waals surface area contributed by atoms with Crippen molar-refractivity contribution in [3.8, 4) is 0 Å². The molecule has 0 radical (unpaired) electrons. The van der Waals surface area contributed by atoms with Crippen LogP contribution in [-0.2, 0) is 11.3 Å². The van der Waals surface area contributed by atoms with E-state index in [4.69, 9.17) is 0 Å². The van der Waals surface area contributed by atoms with Gasteiger partial charge in [0, 0.05) is 23.4 Å². The first kappa shape index (κ1) is 22.0. The van der Waals surface area contributed by atoms with E-state index in [9.17, 15) is 24.5 Å². The molecule has 9 heteroatoms. The summed E-state index contributed by atoms with van der Waals surface area (Å²) in [6, 6.07) is 21.5. The van der Waals surface area contributed by atoms with Gasteiger partial charge in [0.1, 0.15) is 0 Å². The zero-order chi connectivity index (χ0) is 23.4. The van der Waals surface area contributed by atoms with Crippen LogP contribution in [-0.4, -0.2) is 26.9 Å². The number of thioether (sulfide) groups is 1. The molecule has 1 N–H and O–H groups in total. The van der Waals surface area contributed by atoms with E-state index >= 15 is 0 Å². The highest BCUT2D eigenvalue weighted by molar-refractivity contribution is 8.18. The highest BCUT2D eigenvalue weighted by atomic mass is 32.2. The lowest BCUT2D eigenvalue weighted by molar-refractivity contribution is -0.384. The van der Waals surface area contributed by atoms with Gasteiger partial charge in [-0.1, -0.05) is 42.5 Å². The zero-order valence-corrected chi connectivity index (χ0v) is 18.0. The minimum atomic E-state index is -0.521. The van der Waals surface area contributed by atoms with Crippen molar-refractivity contribution in [3.63, 3.8) is 0 Å². The third kappa shape index (κ3) is 5.16. The second-order valence-electron chi connectivity index (χ2n) is 7.14. The number of nitro groups is 1. The SMILES string of the molecule is O=C(Nc1ccccc1)c1ccc(CN2C(=O)S/C(=C\c3cccc([N+](=O)[O-])c3)C2=O)cc1. The predicted molar refractivity (Wildman–Crippen MR) is 125 cm³/mol. The van der Waals surface area contributed by atoms with Crippen LogP contribution in [0.5, 0.6) is 0 Å². The molecule has 33 heavy (non-hydrogen) atoms. The molecule has 1 heterocycles. The Kier molecular flexibility index (Phi) is 6.32. The van der Waals surface area contributed by atoms with E-state index in [1.165, 1.54) is 24.3 Å². The van der Waals surface area contributed by atoms with E-state index in [0.717, 1.165) is 16.7 Å². The van der Waals surface area contributed by atoms with Gasteiger partial charge in [-0.2, -0.15) is 0 Å². The molecule has 3 aromatic rings. The van der Waals surface area contributed by atoms with Crippen LogP contribution in [0.1, 0.15) is 21.5 Å². The average Bonchev–Trinajstić information content (AvgIpc) is 3.07. The van der Waals surface area contributed by atoms with Crippen molar-refractivity contribution in [3.05, 3.63) is 111 Å². The van der Waals surface area contributed by atoms with Gasteiger partial charge in [0.2, 0.25) is 0 Å². The van der Waals surface area contributed by atoms with Crippen molar-refractivity contribution < 1.29 is 19.3 Å². The number of anilines is 1. The minimum Gasteiger partial charge on any atom is -0.322 e. The number of benzene rings is 3. The summed E-state index contributed by atoms with van der Waals surface area (Å²) < 4.78 is 0. The molecule has 8 nitrogen and oxygen atoms in total. The first-order chi connectivity index (χ1) is 15.9. The normalized spacial score (nSPS) is 14.5. The largest absolute Gasteiger partial charge is 0.322 e. The van der Waals surface area contributed by atoms with Crippen molar-refractivity contribution in [1.29, 1.82) is 0 Å². The first-order valence-corrected chi connectivity index (χ1v) is 10.7. The van der Waals surface area contributed by atoms with Crippen molar-refractivity contribution in [2.45, 2.75) is 6.54 Å². The second-order valence-corrected chi connectivity index (χ2v) is 8.13. The van der Waals surface area contributed by atoms with Gasteiger partial charge in [-0.25, -0.2) is 0 Å². The lowest BCUT2D eigenvalue weighted by Crippen LogP contribution is -2.27. The summed E-state index contributed by atoms with van der Waals surface area (Å²) in [6.07, 6.45) is 1.47. The number of para-hydroxylation sites is 1. The summed E-state index contributed by atoms with van der Waals surface area (Å²) in [5.74, 6) is -0.735. The van der Waals surface area contributed by atoms with Gasteiger partial charge in [-0.15, -0.1) is 0 Å². The number of carbonyl (C=O) groups is 3. The molecule has 164 valence electrons. The monoisotopic (exact) mass is 459 g/mol. The number of imide groups is 1. The molecule has 0 unspecified atom stereocenters. The van der Waals surface area contributed by atoms with Crippen LogP contribution in [0.2, 0.25) is 0 Å². The van der Waals surface area contributed by atoms with Gasteiger partial charge in [0.15, 0.2) is 0 Å².